The highest BCUT2D eigenvalue weighted by Crippen LogP contribution is 2.09. The number of ether oxygens (including phenoxy) is 1. The third-order valence-corrected chi connectivity index (χ3v) is 2.02. The van der Waals surface area contributed by atoms with E-state index in [4.69, 9.17) is 15.3 Å². The van der Waals surface area contributed by atoms with Gasteiger partial charge in [0.25, 0.3) is 0 Å². The van der Waals surface area contributed by atoms with Crippen LogP contribution < -0.4 is 0 Å². The standard InChI is InChI=1S/C14H10N2O2/c1-2-7-18-14(17)13(10-16)8-11-3-5-12(9-15)6-4-11/h2-6,8H,1,7H2/b13-8+. The van der Waals surface area contributed by atoms with Crippen LogP contribution in [0.15, 0.2) is 42.5 Å². The van der Waals surface area contributed by atoms with Crippen LogP contribution in [0.3, 0.4) is 0 Å². The maximum atomic E-state index is 11.4. The van der Waals surface area contributed by atoms with Crippen LogP contribution in [-0.2, 0) is 9.53 Å². The van der Waals surface area contributed by atoms with Crippen LogP contribution in [0, 0.1) is 22.7 Å². The van der Waals surface area contributed by atoms with E-state index in [9.17, 15) is 4.79 Å². The molecule has 0 heterocycles. The second kappa shape index (κ2) is 6.67. The third kappa shape index (κ3) is 3.62. The summed E-state index contributed by atoms with van der Waals surface area (Å²) in [7, 11) is 0. The smallest absolute Gasteiger partial charge is 0.349 e. The largest absolute Gasteiger partial charge is 0.457 e. The van der Waals surface area contributed by atoms with E-state index in [1.807, 2.05) is 6.07 Å². The third-order valence-electron chi connectivity index (χ3n) is 2.02. The first-order chi connectivity index (χ1) is 8.71. The molecule has 0 aromatic heterocycles. The Morgan fingerprint density at radius 1 is 1.33 bits per heavy atom. The molecule has 4 heteroatoms. The van der Waals surface area contributed by atoms with Gasteiger partial charge in [-0.05, 0) is 23.8 Å². The van der Waals surface area contributed by atoms with E-state index >= 15 is 0 Å². The first kappa shape index (κ1) is 13.2. The predicted molar refractivity (Wildman–Crippen MR) is 65.9 cm³/mol. The Kier molecular flexibility index (Phi) is 4.90. The number of hydrogen-bond donors (Lipinski definition) is 0. The molecule has 0 N–H and O–H groups in total. The molecule has 88 valence electrons. The molecule has 18 heavy (non-hydrogen) atoms. The minimum Gasteiger partial charge on any atom is -0.457 e. The number of benzene rings is 1. The normalized spacial score (nSPS) is 10.0. The Morgan fingerprint density at radius 2 is 2.00 bits per heavy atom. The molecule has 4 nitrogen and oxygen atoms in total. The lowest BCUT2D eigenvalue weighted by molar-refractivity contribution is -0.137. The first-order valence-electron chi connectivity index (χ1n) is 5.11. The van der Waals surface area contributed by atoms with Crippen molar-refractivity contribution >= 4 is 12.0 Å². The lowest BCUT2D eigenvalue weighted by atomic mass is 10.1. The van der Waals surface area contributed by atoms with Gasteiger partial charge in [0.2, 0.25) is 0 Å². The molecule has 0 atom stereocenters. The number of carbonyl (C=O) groups is 1. The number of nitriles is 2. The molecule has 0 amide bonds. The van der Waals surface area contributed by atoms with Crippen LogP contribution in [0.4, 0.5) is 0 Å². The van der Waals surface area contributed by atoms with Gasteiger partial charge in [0.15, 0.2) is 0 Å². The summed E-state index contributed by atoms with van der Waals surface area (Å²) in [6.45, 7) is 3.47. The fourth-order valence-electron chi connectivity index (χ4n) is 1.17. The van der Waals surface area contributed by atoms with E-state index < -0.39 is 5.97 Å². The highest BCUT2D eigenvalue weighted by molar-refractivity contribution is 5.97. The zero-order valence-electron chi connectivity index (χ0n) is 9.59. The lowest BCUT2D eigenvalue weighted by Crippen LogP contribution is -2.06. The van der Waals surface area contributed by atoms with E-state index in [-0.39, 0.29) is 12.2 Å². The van der Waals surface area contributed by atoms with Crippen LogP contribution in [-0.4, -0.2) is 12.6 Å². The van der Waals surface area contributed by atoms with Crippen molar-refractivity contribution in [3.8, 4) is 12.1 Å². The summed E-state index contributed by atoms with van der Waals surface area (Å²) in [5, 5.41) is 17.5. The maximum absolute atomic E-state index is 11.4. The zero-order chi connectivity index (χ0) is 13.4. The molecule has 1 rings (SSSR count). The van der Waals surface area contributed by atoms with Crippen molar-refractivity contribution in [2.75, 3.05) is 6.61 Å². The molecule has 0 saturated heterocycles. The summed E-state index contributed by atoms with van der Waals surface area (Å²) in [4.78, 5) is 11.4. The van der Waals surface area contributed by atoms with E-state index in [1.165, 1.54) is 12.2 Å². The maximum Gasteiger partial charge on any atom is 0.349 e. The van der Waals surface area contributed by atoms with Crippen molar-refractivity contribution in [3.63, 3.8) is 0 Å². The average molecular weight is 238 g/mol. The first-order valence-corrected chi connectivity index (χ1v) is 5.11. The number of carbonyl (C=O) groups excluding carboxylic acids is 1. The van der Waals surface area contributed by atoms with E-state index in [1.54, 1.807) is 30.3 Å². The summed E-state index contributed by atoms with van der Waals surface area (Å²) >= 11 is 0. The Labute approximate surface area is 105 Å². The molecular weight excluding hydrogens is 228 g/mol. The number of hydrogen-bond acceptors (Lipinski definition) is 4. The molecule has 0 bridgehead atoms. The van der Waals surface area contributed by atoms with Gasteiger partial charge in [0, 0.05) is 0 Å². The van der Waals surface area contributed by atoms with Crippen LogP contribution in [0.2, 0.25) is 0 Å². The molecule has 0 aliphatic carbocycles. The van der Waals surface area contributed by atoms with Gasteiger partial charge >= 0.3 is 5.97 Å². The van der Waals surface area contributed by atoms with Gasteiger partial charge < -0.3 is 4.74 Å². The Hall–Kier alpha value is -2.85. The topological polar surface area (TPSA) is 73.9 Å². The van der Waals surface area contributed by atoms with Gasteiger partial charge in [-0.2, -0.15) is 10.5 Å². The SMILES string of the molecule is C=CCOC(=O)/C(C#N)=C/c1ccc(C#N)cc1. The van der Waals surface area contributed by atoms with Crippen molar-refractivity contribution in [1.82, 2.24) is 0 Å². The van der Waals surface area contributed by atoms with Gasteiger partial charge in [-0.1, -0.05) is 24.8 Å². The number of rotatable bonds is 4. The fraction of sp³-hybridized carbons (Fsp3) is 0.0714. The van der Waals surface area contributed by atoms with E-state index in [0.29, 0.717) is 11.1 Å². The monoisotopic (exact) mass is 238 g/mol. The molecular formula is C14H10N2O2. The molecule has 0 aliphatic rings. The molecule has 0 unspecified atom stereocenters. The number of nitrogens with zero attached hydrogens (tertiary/aromatic N) is 2. The predicted octanol–water partition coefficient (Wildman–Crippen LogP) is 2.19. The van der Waals surface area contributed by atoms with E-state index in [2.05, 4.69) is 6.58 Å². The second-order valence-electron chi connectivity index (χ2n) is 3.29. The van der Waals surface area contributed by atoms with Gasteiger partial charge in [-0.15, -0.1) is 0 Å². The van der Waals surface area contributed by atoms with Gasteiger partial charge in [0.05, 0.1) is 11.6 Å². The van der Waals surface area contributed by atoms with Crippen molar-refractivity contribution in [2.24, 2.45) is 0 Å². The Morgan fingerprint density at radius 3 is 2.50 bits per heavy atom. The van der Waals surface area contributed by atoms with Gasteiger partial charge in [-0.25, -0.2) is 4.79 Å². The van der Waals surface area contributed by atoms with Crippen LogP contribution in [0.5, 0.6) is 0 Å². The Bertz CT molecular complexity index is 557. The summed E-state index contributed by atoms with van der Waals surface area (Å²) < 4.78 is 4.76. The molecule has 0 radical (unpaired) electrons. The highest BCUT2D eigenvalue weighted by Gasteiger charge is 2.09. The zero-order valence-corrected chi connectivity index (χ0v) is 9.59. The average Bonchev–Trinajstić information content (AvgIpc) is 2.42. The van der Waals surface area contributed by atoms with Crippen LogP contribution in [0.1, 0.15) is 11.1 Å². The lowest BCUT2D eigenvalue weighted by Gasteiger charge is -2.00. The summed E-state index contributed by atoms with van der Waals surface area (Å²) in [6.07, 6.45) is 2.83. The van der Waals surface area contributed by atoms with Crippen LogP contribution in [0.25, 0.3) is 6.08 Å². The van der Waals surface area contributed by atoms with Gasteiger partial charge in [-0.3, -0.25) is 0 Å². The van der Waals surface area contributed by atoms with Crippen molar-refractivity contribution < 1.29 is 9.53 Å². The molecule has 0 saturated carbocycles. The highest BCUT2D eigenvalue weighted by atomic mass is 16.5. The minimum atomic E-state index is -0.693. The van der Waals surface area contributed by atoms with Crippen molar-refractivity contribution in [2.45, 2.75) is 0 Å². The van der Waals surface area contributed by atoms with Crippen LogP contribution >= 0.6 is 0 Å². The molecule has 0 fully saturated rings. The molecule has 1 aromatic rings. The fourth-order valence-corrected chi connectivity index (χ4v) is 1.17. The Balaban J connectivity index is 2.90. The second-order valence-corrected chi connectivity index (χ2v) is 3.29. The summed E-state index contributed by atoms with van der Waals surface area (Å²) in [5.74, 6) is -0.693. The van der Waals surface area contributed by atoms with Crippen molar-refractivity contribution in [3.05, 3.63) is 53.6 Å². The molecule has 1 aromatic carbocycles. The minimum absolute atomic E-state index is 0.0607. The molecule has 0 spiro atoms. The number of esters is 1. The summed E-state index contributed by atoms with van der Waals surface area (Å²) in [5.41, 5.74) is 1.07. The van der Waals surface area contributed by atoms with Gasteiger partial charge in [0.1, 0.15) is 18.2 Å². The van der Waals surface area contributed by atoms with Crippen molar-refractivity contribution in [1.29, 1.82) is 10.5 Å². The summed E-state index contributed by atoms with van der Waals surface area (Å²) in [6, 6.07) is 10.3. The quantitative estimate of drug-likeness (QED) is 0.349. The molecule has 0 aliphatic heterocycles. The van der Waals surface area contributed by atoms with E-state index in [0.717, 1.165) is 0 Å².